The molecule has 0 bridgehead atoms. The Balaban J connectivity index is 1.10. The minimum atomic E-state index is -1.04. The molecule has 2 saturated carbocycles. The summed E-state index contributed by atoms with van der Waals surface area (Å²) < 4.78 is 41.3. The van der Waals surface area contributed by atoms with Crippen molar-refractivity contribution >= 4 is 32.8 Å². The maximum Gasteiger partial charge on any atom is 0.219 e. The molecule has 8 nitrogen and oxygen atoms in total. The van der Waals surface area contributed by atoms with Crippen LogP contribution >= 0.6 is 10.3 Å². The molecule has 3 atom stereocenters. The first-order valence-electron chi connectivity index (χ1n) is 17.0. The summed E-state index contributed by atoms with van der Waals surface area (Å²) in [5, 5.41) is 6.80. The van der Waals surface area contributed by atoms with Gasteiger partial charge < -0.3 is 19.6 Å². The van der Waals surface area contributed by atoms with Gasteiger partial charge in [0.15, 0.2) is 11.6 Å². The highest BCUT2D eigenvalue weighted by molar-refractivity contribution is 8.30. The van der Waals surface area contributed by atoms with Gasteiger partial charge in [-0.05, 0) is 112 Å². The Morgan fingerprint density at radius 3 is 2.39 bits per heavy atom. The Bertz CT molecular complexity index is 2020. The lowest BCUT2D eigenvalue weighted by atomic mass is 9.83. The largest absolute Gasteiger partial charge is 0.433 e. The number of nitrogens with two attached hydrogens (primary N) is 1. The first-order valence-corrected chi connectivity index (χ1v) is 19.1. The number of carbonyl (C=O) groups excluding carboxylic acids is 1. The number of benzene rings is 2. The highest BCUT2D eigenvalue weighted by Crippen LogP contribution is 2.65. The minimum absolute atomic E-state index is 0.00654. The summed E-state index contributed by atoms with van der Waals surface area (Å²) in [5.74, 6) is -1.84. The van der Waals surface area contributed by atoms with Crippen molar-refractivity contribution in [3.05, 3.63) is 94.4 Å². The number of hydrogen-bond acceptors (Lipinski definition) is 6. The number of ketones is 1. The van der Waals surface area contributed by atoms with Gasteiger partial charge in [-0.2, -0.15) is 5.10 Å². The molecule has 0 radical (unpaired) electrons. The van der Waals surface area contributed by atoms with Crippen molar-refractivity contribution in [2.45, 2.75) is 81.6 Å². The van der Waals surface area contributed by atoms with Gasteiger partial charge in [0.05, 0.1) is 29.3 Å². The van der Waals surface area contributed by atoms with E-state index in [0.29, 0.717) is 28.1 Å². The third-order valence-electron chi connectivity index (χ3n) is 10.5. The van der Waals surface area contributed by atoms with Crippen molar-refractivity contribution in [1.82, 2.24) is 19.7 Å². The number of hydrogen-bond donors (Lipinski definition) is 2. The lowest BCUT2D eigenvalue weighted by Crippen LogP contribution is -2.24. The third kappa shape index (κ3) is 6.34. The Kier molecular flexibility index (Phi) is 9.00. The number of aryl methyl sites for hydroxylation is 2. The second kappa shape index (κ2) is 13.2. The highest BCUT2D eigenvalue weighted by atomic mass is 32.3. The van der Waals surface area contributed by atoms with Gasteiger partial charge in [-0.3, -0.25) is 4.79 Å². The van der Waals surface area contributed by atoms with E-state index in [4.69, 9.17) is 14.7 Å². The van der Waals surface area contributed by atoms with Crippen molar-refractivity contribution in [2.75, 3.05) is 19.1 Å². The Hall–Kier alpha value is -4.22. The van der Waals surface area contributed by atoms with E-state index in [1.54, 1.807) is 6.92 Å². The van der Waals surface area contributed by atoms with E-state index in [-0.39, 0.29) is 23.0 Å². The number of aromatic amines is 1. The topological polar surface area (TPSA) is 108 Å². The number of ether oxygens (including phenoxy) is 1. The molecule has 3 aromatic heterocycles. The fraction of sp³-hybridized carbons (Fsp3) is 0.395. The zero-order chi connectivity index (χ0) is 34.4. The molecule has 49 heavy (non-hydrogen) atoms. The van der Waals surface area contributed by atoms with Crippen LogP contribution in [0.2, 0.25) is 0 Å². The maximum atomic E-state index is 14.1. The molecule has 0 spiro atoms. The Morgan fingerprint density at radius 1 is 0.959 bits per heavy atom. The number of rotatable bonds is 9. The van der Waals surface area contributed by atoms with E-state index in [2.05, 4.69) is 40.4 Å². The van der Waals surface area contributed by atoms with Crippen LogP contribution in [0.5, 0.6) is 11.6 Å². The molecule has 0 aliphatic heterocycles. The van der Waals surface area contributed by atoms with Crippen molar-refractivity contribution in [1.29, 1.82) is 0 Å². The number of fused-ring (bicyclic) bond motifs is 1. The summed E-state index contributed by atoms with van der Waals surface area (Å²) in [5.41, 5.74) is 11.8. The molecule has 0 saturated heterocycles. The molecule has 3 N–H and O–H groups in total. The number of carbonyl (C=O) groups is 1. The van der Waals surface area contributed by atoms with Gasteiger partial charge >= 0.3 is 0 Å². The molecule has 2 aliphatic carbocycles. The molecular formula is C38H43F2N5O3S. The van der Waals surface area contributed by atoms with Crippen LogP contribution < -0.4 is 10.5 Å². The first kappa shape index (κ1) is 33.3. The molecule has 0 amide bonds. The van der Waals surface area contributed by atoms with Crippen LogP contribution in [0.3, 0.4) is 0 Å². The summed E-state index contributed by atoms with van der Waals surface area (Å²) >= 11 is 0. The van der Waals surface area contributed by atoms with E-state index >= 15 is 0 Å². The van der Waals surface area contributed by atoms with E-state index in [0.717, 1.165) is 34.7 Å². The van der Waals surface area contributed by atoms with Crippen LogP contribution in [0, 0.1) is 25.5 Å². The normalized spacial score (nSPS) is 20.4. The monoisotopic (exact) mass is 687 g/mol. The number of nitrogens with zero attached hydrogens (tertiary/aromatic N) is 3. The summed E-state index contributed by atoms with van der Waals surface area (Å²) in [4.78, 5) is 21.4. The lowest BCUT2D eigenvalue weighted by Gasteiger charge is -2.44. The summed E-state index contributed by atoms with van der Waals surface area (Å²) in [6, 6.07) is 11.3. The number of pyridine rings is 1. The molecule has 2 aliphatic rings. The predicted molar refractivity (Wildman–Crippen MR) is 191 cm³/mol. The molecule has 2 fully saturated rings. The average Bonchev–Trinajstić information content (AvgIpc) is 3.75. The summed E-state index contributed by atoms with van der Waals surface area (Å²) in [7, 11) is 0.887. The fourth-order valence-electron chi connectivity index (χ4n) is 7.53. The average molecular weight is 688 g/mol. The number of halogens is 2. The van der Waals surface area contributed by atoms with E-state index in [1.165, 1.54) is 85.3 Å². The molecule has 3 heterocycles. The van der Waals surface area contributed by atoms with Gasteiger partial charge in [0, 0.05) is 34.6 Å². The van der Waals surface area contributed by atoms with Crippen LogP contribution in [-0.4, -0.2) is 49.4 Å². The lowest BCUT2D eigenvalue weighted by molar-refractivity contribution is 0.103. The molecule has 7 rings (SSSR count). The van der Waals surface area contributed by atoms with Crippen LogP contribution in [0.15, 0.2) is 54.9 Å². The predicted octanol–water partition coefficient (Wildman–Crippen LogP) is 9.21. The minimum Gasteiger partial charge on any atom is -0.433 e. The number of aromatic nitrogens is 4. The van der Waals surface area contributed by atoms with E-state index in [9.17, 15) is 13.6 Å². The van der Waals surface area contributed by atoms with Gasteiger partial charge in [0.25, 0.3) is 0 Å². The van der Waals surface area contributed by atoms with E-state index < -0.39 is 27.7 Å². The number of H-pyrrole nitrogens is 1. The molecule has 11 heteroatoms. The van der Waals surface area contributed by atoms with Crippen molar-refractivity contribution in [3.63, 3.8) is 0 Å². The molecule has 258 valence electrons. The number of nitrogen functional groups attached to an aromatic ring is 1. The number of anilines is 1. The molecule has 5 aromatic rings. The number of nitrogens with one attached hydrogen (secondary N) is 1. The maximum absolute atomic E-state index is 14.1. The third-order valence-corrected chi connectivity index (χ3v) is 14.8. The van der Waals surface area contributed by atoms with Crippen LogP contribution in [0.1, 0.15) is 90.0 Å². The first-order chi connectivity index (χ1) is 23.6. The van der Waals surface area contributed by atoms with Crippen molar-refractivity contribution in [3.8, 4) is 17.3 Å². The quantitative estimate of drug-likeness (QED) is 0.150. The second-order valence-corrected chi connectivity index (χ2v) is 17.2. The van der Waals surface area contributed by atoms with Crippen LogP contribution in [0.4, 0.5) is 14.6 Å². The fourth-order valence-corrected chi connectivity index (χ4v) is 10.9. The zero-order valence-corrected chi connectivity index (χ0v) is 29.2. The van der Waals surface area contributed by atoms with Crippen molar-refractivity contribution in [2.24, 2.45) is 0 Å². The van der Waals surface area contributed by atoms with E-state index in [1.807, 2.05) is 13.2 Å². The zero-order valence-electron chi connectivity index (χ0n) is 28.4. The van der Waals surface area contributed by atoms with Gasteiger partial charge in [-0.1, -0.05) is 18.9 Å². The Labute approximate surface area is 286 Å². The standard InChI is InChI=1S/C38H43F2N5O3S/c1-22-16-25-18-33(44-32(25)19-28(22)24-8-5-6-9-26(13-12-24)49(4,47-3)27-14-15-27)36(46)29-20-43-45(38(29)41)34-21-42-35(17-23(34)2)48-37-30(39)10-7-11-31(37)40/h7,10-11,16-21,24,26-27,44H,5-6,8-9,12-15,41H2,1-4H3. The Morgan fingerprint density at radius 2 is 1.67 bits per heavy atom. The molecule has 2 aromatic carbocycles. The van der Waals surface area contributed by atoms with Crippen LogP contribution in [0.25, 0.3) is 16.6 Å². The summed E-state index contributed by atoms with van der Waals surface area (Å²) in [6.07, 6.45) is 15.2. The van der Waals surface area contributed by atoms with Gasteiger partial charge in [-0.15, -0.1) is 10.3 Å². The molecular weight excluding hydrogens is 645 g/mol. The van der Waals surface area contributed by atoms with Crippen LogP contribution in [-0.2, 0) is 4.18 Å². The van der Waals surface area contributed by atoms with Gasteiger partial charge in [0.2, 0.25) is 17.4 Å². The highest BCUT2D eigenvalue weighted by Gasteiger charge is 2.43. The summed E-state index contributed by atoms with van der Waals surface area (Å²) in [6.45, 7) is 3.94. The second-order valence-electron chi connectivity index (χ2n) is 13.6. The number of para-hydroxylation sites is 1. The SMILES string of the molecule is COS(C)(C1CCCCC(c2cc3[nH]c(C(=O)c4cnn(-c5cnc(Oc6c(F)cccc6F)cc5C)c4N)cc3cc2C)CC1)C1CC1. The van der Waals surface area contributed by atoms with Gasteiger partial charge in [-0.25, -0.2) is 18.4 Å². The van der Waals surface area contributed by atoms with Gasteiger partial charge in [0.1, 0.15) is 5.82 Å². The molecule has 3 unspecified atom stereocenters. The van der Waals surface area contributed by atoms with Crippen molar-refractivity contribution < 1.29 is 22.5 Å². The smallest absolute Gasteiger partial charge is 0.219 e.